The average molecular weight is 481 g/mol. The van der Waals surface area contributed by atoms with Crippen molar-refractivity contribution in [2.24, 2.45) is 5.10 Å². The number of halogens is 1. The number of carbonyl (C=O) groups excluding carboxylic acids is 2. The van der Waals surface area contributed by atoms with Crippen molar-refractivity contribution >= 4 is 29.7 Å². The Hall–Kier alpha value is -3.84. The summed E-state index contributed by atoms with van der Waals surface area (Å²) in [5.74, 6) is 0.686. The van der Waals surface area contributed by atoms with Gasteiger partial charge in [-0.05, 0) is 71.6 Å². The fourth-order valence-electron chi connectivity index (χ4n) is 2.90. The Morgan fingerprint density at radius 3 is 2.35 bits per heavy atom. The summed E-state index contributed by atoms with van der Waals surface area (Å²) in [6.45, 7) is 4.05. The van der Waals surface area contributed by atoms with Gasteiger partial charge in [0, 0.05) is 5.02 Å². The second-order valence-corrected chi connectivity index (χ2v) is 8.05. The van der Waals surface area contributed by atoms with Gasteiger partial charge in [0.2, 0.25) is 0 Å². The molecule has 0 saturated carbocycles. The molecular weight excluding hydrogens is 456 g/mol. The number of nitrogens with zero attached hydrogens (tertiary/aromatic N) is 1. The summed E-state index contributed by atoms with van der Waals surface area (Å²) in [6, 6.07) is 18.9. The molecule has 0 aliphatic heterocycles. The molecule has 7 nitrogen and oxygen atoms in total. The van der Waals surface area contributed by atoms with Crippen LogP contribution in [0.5, 0.6) is 17.2 Å². The van der Waals surface area contributed by atoms with E-state index in [1.807, 2.05) is 24.3 Å². The van der Waals surface area contributed by atoms with Crippen LogP contribution in [0.2, 0.25) is 5.02 Å². The topological polar surface area (TPSA) is 86.2 Å². The van der Waals surface area contributed by atoms with Crippen molar-refractivity contribution < 1.29 is 23.8 Å². The maximum atomic E-state index is 12.3. The normalized spacial score (nSPS) is 10.9. The highest BCUT2D eigenvalue weighted by atomic mass is 35.5. The molecule has 3 aromatic rings. The molecule has 1 amide bonds. The molecule has 0 aliphatic rings. The summed E-state index contributed by atoms with van der Waals surface area (Å²) in [5.41, 5.74) is 4.60. The first-order chi connectivity index (χ1) is 16.4. The molecule has 8 heteroatoms. The number of rotatable bonds is 9. The van der Waals surface area contributed by atoms with Gasteiger partial charge in [0.1, 0.15) is 5.75 Å². The van der Waals surface area contributed by atoms with E-state index in [1.165, 1.54) is 18.9 Å². The highest BCUT2D eigenvalue weighted by molar-refractivity contribution is 6.30. The third kappa shape index (κ3) is 7.08. The van der Waals surface area contributed by atoms with Gasteiger partial charge in [0.05, 0.1) is 18.9 Å². The lowest BCUT2D eigenvalue weighted by molar-refractivity contribution is -0.123. The minimum absolute atomic E-state index is 0.165. The van der Waals surface area contributed by atoms with Crippen molar-refractivity contribution in [1.29, 1.82) is 0 Å². The van der Waals surface area contributed by atoms with E-state index in [1.54, 1.807) is 42.5 Å². The summed E-state index contributed by atoms with van der Waals surface area (Å²) >= 11 is 5.85. The molecule has 0 atom stereocenters. The third-order valence-corrected chi connectivity index (χ3v) is 5.04. The van der Waals surface area contributed by atoms with E-state index in [0.29, 0.717) is 33.6 Å². The molecule has 3 rings (SSSR count). The summed E-state index contributed by atoms with van der Waals surface area (Å²) in [6.07, 6.45) is 1.45. The van der Waals surface area contributed by atoms with Crippen LogP contribution in [0.1, 0.15) is 41.3 Å². The number of hydrazone groups is 1. The van der Waals surface area contributed by atoms with Crippen molar-refractivity contribution in [3.63, 3.8) is 0 Å². The number of carbonyl (C=O) groups is 2. The van der Waals surface area contributed by atoms with Crippen molar-refractivity contribution in [1.82, 2.24) is 5.43 Å². The van der Waals surface area contributed by atoms with E-state index in [4.69, 9.17) is 25.8 Å². The molecule has 0 heterocycles. The van der Waals surface area contributed by atoms with Crippen LogP contribution in [0.3, 0.4) is 0 Å². The van der Waals surface area contributed by atoms with Crippen LogP contribution < -0.4 is 19.6 Å². The zero-order valence-corrected chi connectivity index (χ0v) is 19.8. The predicted molar refractivity (Wildman–Crippen MR) is 131 cm³/mol. The van der Waals surface area contributed by atoms with E-state index in [9.17, 15) is 9.59 Å². The summed E-state index contributed by atoms with van der Waals surface area (Å²) in [7, 11) is 1.46. The fraction of sp³-hybridized carbons (Fsp3) is 0.192. The SMILES string of the molecule is COc1cc(/C=N/NC(=O)COc2ccc(C(C)C)cc2)ccc1OC(=O)c1ccc(Cl)cc1. The van der Waals surface area contributed by atoms with Gasteiger partial charge < -0.3 is 14.2 Å². The lowest BCUT2D eigenvalue weighted by atomic mass is 10.0. The van der Waals surface area contributed by atoms with Gasteiger partial charge in [-0.1, -0.05) is 37.6 Å². The van der Waals surface area contributed by atoms with Gasteiger partial charge in [-0.15, -0.1) is 0 Å². The van der Waals surface area contributed by atoms with Crippen LogP contribution >= 0.6 is 11.6 Å². The average Bonchev–Trinajstić information content (AvgIpc) is 2.84. The molecule has 0 aromatic heterocycles. The van der Waals surface area contributed by atoms with E-state index in [2.05, 4.69) is 24.4 Å². The summed E-state index contributed by atoms with van der Waals surface area (Å²) < 4.78 is 16.2. The predicted octanol–water partition coefficient (Wildman–Crippen LogP) is 5.22. The van der Waals surface area contributed by atoms with Crippen LogP contribution in [0.4, 0.5) is 0 Å². The minimum Gasteiger partial charge on any atom is -0.493 e. The van der Waals surface area contributed by atoms with Gasteiger partial charge in [-0.25, -0.2) is 10.2 Å². The van der Waals surface area contributed by atoms with E-state index >= 15 is 0 Å². The van der Waals surface area contributed by atoms with Crippen LogP contribution in [0, 0.1) is 0 Å². The highest BCUT2D eigenvalue weighted by Gasteiger charge is 2.13. The molecule has 0 saturated heterocycles. The molecule has 176 valence electrons. The largest absolute Gasteiger partial charge is 0.493 e. The van der Waals surface area contributed by atoms with Gasteiger partial charge in [-0.2, -0.15) is 5.10 Å². The number of hydrogen-bond donors (Lipinski definition) is 1. The van der Waals surface area contributed by atoms with Crippen LogP contribution in [-0.2, 0) is 4.79 Å². The minimum atomic E-state index is -0.539. The number of benzene rings is 3. The highest BCUT2D eigenvalue weighted by Crippen LogP contribution is 2.28. The van der Waals surface area contributed by atoms with Gasteiger partial charge in [0.15, 0.2) is 18.1 Å². The number of amides is 1. The van der Waals surface area contributed by atoms with Crippen LogP contribution in [0.25, 0.3) is 0 Å². The fourth-order valence-corrected chi connectivity index (χ4v) is 3.03. The Balaban J connectivity index is 1.53. The van der Waals surface area contributed by atoms with E-state index in [-0.39, 0.29) is 12.4 Å². The molecule has 0 aliphatic carbocycles. The van der Waals surface area contributed by atoms with Crippen LogP contribution in [0.15, 0.2) is 71.8 Å². The molecule has 0 fully saturated rings. The third-order valence-electron chi connectivity index (χ3n) is 4.79. The van der Waals surface area contributed by atoms with E-state index < -0.39 is 11.9 Å². The van der Waals surface area contributed by atoms with Crippen LogP contribution in [-0.4, -0.2) is 31.8 Å². The Morgan fingerprint density at radius 2 is 1.71 bits per heavy atom. The van der Waals surface area contributed by atoms with Crippen molar-refractivity contribution in [2.75, 3.05) is 13.7 Å². The number of nitrogens with one attached hydrogen (secondary N) is 1. The second-order valence-electron chi connectivity index (χ2n) is 7.61. The maximum absolute atomic E-state index is 12.3. The molecular formula is C26H25ClN2O5. The molecule has 0 bridgehead atoms. The van der Waals surface area contributed by atoms with Crippen molar-refractivity contribution in [3.8, 4) is 17.2 Å². The zero-order chi connectivity index (χ0) is 24.5. The number of esters is 1. The number of methoxy groups -OCH3 is 1. The Morgan fingerprint density at radius 1 is 1.00 bits per heavy atom. The Kier molecular flexibility index (Phi) is 8.65. The molecule has 0 spiro atoms. The van der Waals surface area contributed by atoms with Crippen molar-refractivity contribution in [3.05, 3.63) is 88.4 Å². The lowest BCUT2D eigenvalue weighted by Crippen LogP contribution is -2.24. The second kappa shape index (κ2) is 11.9. The molecule has 0 unspecified atom stereocenters. The summed E-state index contributed by atoms with van der Waals surface area (Å²) in [4.78, 5) is 24.3. The molecule has 0 radical (unpaired) electrons. The number of ether oxygens (including phenoxy) is 3. The van der Waals surface area contributed by atoms with E-state index in [0.717, 1.165) is 0 Å². The lowest BCUT2D eigenvalue weighted by Gasteiger charge is -2.10. The Bertz CT molecular complexity index is 1160. The van der Waals surface area contributed by atoms with Gasteiger partial charge in [-0.3, -0.25) is 4.79 Å². The smallest absolute Gasteiger partial charge is 0.343 e. The van der Waals surface area contributed by atoms with Gasteiger partial charge in [0.25, 0.3) is 5.91 Å². The first-order valence-corrected chi connectivity index (χ1v) is 10.9. The summed E-state index contributed by atoms with van der Waals surface area (Å²) in [5, 5.41) is 4.46. The first kappa shape index (κ1) is 24.8. The molecule has 3 aromatic carbocycles. The number of hydrogen-bond acceptors (Lipinski definition) is 6. The first-order valence-electron chi connectivity index (χ1n) is 10.6. The monoisotopic (exact) mass is 480 g/mol. The molecule has 1 N–H and O–H groups in total. The van der Waals surface area contributed by atoms with Crippen molar-refractivity contribution in [2.45, 2.75) is 19.8 Å². The standard InChI is InChI=1S/C26H25ClN2O5/c1-17(2)19-7-11-22(12-8-19)33-16-25(30)29-28-15-18-4-13-23(24(14-18)32-3)34-26(31)20-5-9-21(27)10-6-20/h4-15,17H,16H2,1-3H3,(H,29,30)/b28-15+. The zero-order valence-electron chi connectivity index (χ0n) is 19.1. The quantitative estimate of drug-likeness (QED) is 0.196. The Labute approximate surface area is 203 Å². The maximum Gasteiger partial charge on any atom is 0.343 e. The molecule has 34 heavy (non-hydrogen) atoms. The van der Waals surface area contributed by atoms with Gasteiger partial charge >= 0.3 is 5.97 Å².